The largest absolute Gasteiger partial charge is 0.382 e. The van der Waals surface area contributed by atoms with Gasteiger partial charge in [-0.05, 0) is 18.1 Å². The zero-order valence-electron chi connectivity index (χ0n) is 13.2. The molecule has 4 nitrogen and oxygen atoms in total. The van der Waals surface area contributed by atoms with Crippen molar-refractivity contribution >= 4 is 5.78 Å². The van der Waals surface area contributed by atoms with Crippen LogP contribution in [-0.2, 0) is 27.5 Å². The standard InChI is InChI=1S/C19H22O4/c1-15(23-13-17-10-6-3-7-11-17)19(21)18(20)14-22-12-16-8-4-2-5-9-16/h2-11,15,19,21H,12-14H2,1H3/t15-,19?/m0/s1. The molecule has 0 saturated carbocycles. The van der Waals surface area contributed by atoms with E-state index < -0.39 is 12.2 Å². The molecule has 1 N–H and O–H groups in total. The smallest absolute Gasteiger partial charge is 0.189 e. The molecule has 2 aromatic carbocycles. The van der Waals surface area contributed by atoms with Crippen LogP contribution in [0, 0.1) is 0 Å². The first-order valence-electron chi connectivity index (χ1n) is 7.65. The fraction of sp³-hybridized carbons (Fsp3) is 0.316. The Labute approximate surface area is 136 Å². The molecule has 0 saturated heterocycles. The maximum atomic E-state index is 11.9. The van der Waals surface area contributed by atoms with Crippen molar-refractivity contribution in [2.24, 2.45) is 0 Å². The van der Waals surface area contributed by atoms with Crippen LogP contribution in [0.5, 0.6) is 0 Å². The van der Waals surface area contributed by atoms with E-state index in [1.165, 1.54) is 0 Å². The van der Waals surface area contributed by atoms with E-state index in [-0.39, 0.29) is 12.4 Å². The number of Topliss-reactive ketones (excluding diaryl/α,β-unsaturated/α-hetero) is 1. The number of carbonyl (C=O) groups excluding carboxylic acids is 1. The average Bonchev–Trinajstić information content (AvgIpc) is 2.60. The Hall–Kier alpha value is -2.01. The Balaban J connectivity index is 1.70. The first-order chi connectivity index (χ1) is 11.2. The summed E-state index contributed by atoms with van der Waals surface area (Å²) < 4.78 is 10.9. The molecule has 0 radical (unpaired) electrons. The lowest BCUT2D eigenvalue weighted by Crippen LogP contribution is -2.36. The first kappa shape index (κ1) is 17.3. The molecule has 0 heterocycles. The van der Waals surface area contributed by atoms with E-state index in [2.05, 4.69) is 0 Å². The highest BCUT2D eigenvalue weighted by atomic mass is 16.5. The monoisotopic (exact) mass is 314 g/mol. The zero-order valence-corrected chi connectivity index (χ0v) is 13.2. The van der Waals surface area contributed by atoms with Crippen molar-refractivity contribution in [2.45, 2.75) is 32.3 Å². The van der Waals surface area contributed by atoms with Crippen LogP contribution in [0.3, 0.4) is 0 Å². The van der Waals surface area contributed by atoms with Crippen LogP contribution in [0.25, 0.3) is 0 Å². The minimum absolute atomic E-state index is 0.130. The van der Waals surface area contributed by atoms with Crippen LogP contribution in [0.2, 0.25) is 0 Å². The number of hydrogen-bond donors (Lipinski definition) is 1. The summed E-state index contributed by atoms with van der Waals surface area (Å²) in [5, 5.41) is 10.0. The molecule has 0 aliphatic heterocycles. The van der Waals surface area contributed by atoms with E-state index in [0.717, 1.165) is 11.1 Å². The van der Waals surface area contributed by atoms with Gasteiger partial charge in [0.2, 0.25) is 0 Å². The first-order valence-corrected chi connectivity index (χ1v) is 7.65. The van der Waals surface area contributed by atoms with Crippen LogP contribution < -0.4 is 0 Å². The third-order valence-corrected chi connectivity index (χ3v) is 3.49. The predicted octanol–water partition coefficient (Wildman–Crippen LogP) is 2.74. The molecule has 4 heteroatoms. The molecule has 122 valence electrons. The van der Waals surface area contributed by atoms with Gasteiger partial charge in [-0.25, -0.2) is 0 Å². The molecule has 2 atom stereocenters. The van der Waals surface area contributed by atoms with Crippen LogP contribution in [0.1, 0.15) is 18.1 Å². The molecule has 0 aliphatic rings. The Kier molecular flexibility index (Phi) is 6.94. The van der Waals surface area contributed by atoms with Gasteiger partial charge in [0.15, 0.2) is 5.78 Å². The highest BCUT2D eigenvalue weighted by Crippen LogP contribution is 2.08. The molecule has 0 bridgehead atoms. The molecule has 0 aromatic heterocycles. The fourth-order valence-electron chi connectivity index (χ4n) is 2.08. The highest BCUT2D eigenvalue weighted by Gasteiger charge is 2.23. The molecule has 23 heavy (non-hydrogen) atoms. The van der Waals surface area contributed by atoms with Gasteiger partial charge < -0.3 is 14.6 Å². The summed E-state index contributed by atoms with van der Waals surface area (Å²) in [7, 11) is 0. The lowest BCUT2D eigenvalue weighted by atomic mass is 10.1. The summed E-state index contributed by atoms with van der Waals surface area (Å²) in [6, 6.07) is 19.2. The van der Waals surface area contributed by atoms with Gasteiger partial charge in [-0.2, -0.15) is 0 Å². The quantitative estimate of drug-likeness (QED) is 0.773. The van der Waals surface area contributed by atoms with Crippen molar-refractivity contribution in [3.63, 3.8) is 0 Å². The lowest BCUT2D eigenvalue weighted by Gasteiger charge is -2.18. The number of aliphatic hydroxyl groups excluding tert-OH is 1. The van der Waals surface area contributed by atoms with Crippen molar-refractivity contribution in [1.29, 1.82) is 0 Å². The second-order valence-electron chi connectivity index (χ2n) is 5.39. The van der Waals surface area contributed by atoms with Crippen LogP contribution in [0.15, 0.2) is 60.7 Å². The van der Waals surface area contributed by atoms with Crippen LogP contribution in [0.4, 0.5) is 0 Å². The third-order valence-electron chi connectivity index (χ3n) is 3.49. The Morgan fingerprint density at radius 2 is 1.48 bits per heavy atom. The highest BCUT2D eigenvalue weighted by molar-refractivity contribution is 5.84. The number of aliphatic hydroxyl groups is 1. The van der Waals surface area contributed by atoms with E-state index in [1.54, 1.807) is 6.92 Å². The number of ether oxygens (including phenoxy) is 2. The Morgan fingerprint density at radius 3 is 2.04 bits per heavy atom. The maximum absolute atomic E-state index is 11.9. The summed E-state index contributed by atoms with van der Waals surface area (Å²) in [6.45, 7) is 2.26. The maximum Gasteiger partial charge on any atom is 0.189 e. The molecule has 2 aromatic rings. The van der Waals surface area contributed by atoms with E-state index >= 15 is 0 Å². The number of hydrogen-bond acceptors (Lipinski definition) is 4. The van der Waals surface area contributed by atoms with Gasteiger partial charge >= 0.3 is 0 Å². The molecule has 0 aliphatic carbocycles. The molecule has 0 fully saturated rings. The average molecular weight is 314 g/mol. The van der Waals surface area contributed by atoms with E-state index in [1.807, 2.05) is 60.7 Å². The molecule has 1 unspecified atom stereocenters. The Morgan fingerprint density at radius 1 is 0.957 bits per heavy atom. The van der Waals surface area contributed by atoms with Crippen molar-refractivity contribution < 1.29 is 19.4 Å². The second-order valence-corrected chi connectivity index (χ2v) is 5.39. The third kappa shape index (κ3) is 5.94. The molecule has 2 rings (SSSR count). The summed E-state index contributed by atoms with van der Waals surface area (Å²) in [5.41, 5.74) is 1.99. The van der Waals surface area contributed by atoms with E-state index in [0.29, 0.717) is 13.2 Å². The number of carbonyl (C=O) groups is 1. The van der Waals surface area contributed by atoms with E-state index in [9.17, 15) is 9.90 Å². The lowest BCUT2D eigenvalue weighted by molar-refractivity contribution is -0.140. The Bertz CT molecular complexity index is 583. The van der Waals surface area contributed by atoms with Crippen molar-refractivity contribution in [1.82, 2.24) is 0 Å². The van der Waals surface area contributed by atoms with Gasteiger partial charge in [-0.1, -0.05) is 60.7 Å². The van der Waals surface area contributed by atoms with Crippen molar-refractivity contribution in [3.8, 4) is 0 Å². The minimum Gasteiger partial charge on any atom is -0.382 e. The van der Waals surface area contributed by atoms with Crippen molar-refractivity contribution in [3.05, 3.63) is 71.8 Å². The summed E-state index contributed by atoms with van der Waals surface area (Å²) >= 11 is 0. The van der Waals surface area contributed by atoms with Gasteiger partial charge in [0.25, 0.3) is 0 Å². The van der Waals surface area contributed by atoms with E-state index in [4.69, 9.17) is 9.47 Å². The minimum atomic E-state index is -1.19. The summed E-state index contributed by atoms with van der Waals surface area (Å²) in [4.78, 5) is 11.9. The van der Waals surface area contributed by atoms with Crippen LogP contribution >= 0.6 is 0 Å². The molecular formula is C19H22O4. The summed E-state index contributed by atoms with van der Waals surface area (Å²) in [6.07, 6.45) is -1.77. The normalized spacial score (nSPS) is 13.5. The predicted molar refractivity (Wildman–Crippen MR) is 87.8 cm³/mol. The molecule has 0 spiro atoms. The van der Waals surface area contributed by atoms with Crippen LogP contribution in [-0.4, -0.2) is 29.7 Å². The topological polar surface area (TPSA) is 55.8 Å². The molecular weight excluding hydrogens is 292 g/mol. The van der Waals surface area contributed by atoms with Gasteiger partial charge in [0.05, 0.1) is 19.3 Å². The number of ketones is 1. The van der Waals surface area contributed by atoms with Gasteiger partial charge in [0.1, 0.15) is 12.7 Å². The van der Waals surface area contributed by atoms with Gasteiger partial charge in [-0.3, -0.25) is 4.79 Å². The molecule has 0 amide bonds. The zero-order chi connectivity index (χ0) is 16.5. The SMILES string of the molecule is C[C@H](OCc1ccccc1)C(O)C(=O)COCc1ccccc1. The summed E-state index contributed by atoms with van der Waals surface area (Å²) in [5.74, 6) is -0.374. The van der Waals surface area contributed by atoms with Crippen molar-refractivity contribution in [2.75, 3.05) is 6.61 Å². The second kappa shape index (κ2) is 9.20. The fourth-order valence-corrected chi connectivity index (χ4v) is 2.08. The number of rotatable bonds is 9. The number of benzene rings is 2. The van der Waals surface area contributed by atoms with Gasteiger partial charge in [-0.15, -0.1) is 0 Å². The van der Waals surface area contributed by atoms with Gasteiger partial charge in [0, 0.05) is 0 Å².